The van der Waals surface area contributed by atoms with Crippen molar-refractivity contribution in [2.75, 3.05) is 19.8 Å². The number of benzene rings is 1. The van der Waals surface area contributed by atoms with Crippen molar-refractivity contribution in [3.63, 3.8) is 0 Å². The van der Waals surface area contributed by atoms with Crippen LogP contribution in [0.4, 0.5) is 0 Å². The second-order valence-electron chi connectivity index (χ2n) is 4.81. The maximum absolute atomic E-state index is 12.5. The number of ether oxygens (including phenoxy) is 1. The molecular formula is C15H18ClNO4S2. The van der Waals surface area contributed by atoms with Crippen molar-refractivity contribution in [2.45, 2.75) is 17.9 Å². The van der Waals surface area contributed by atoms with Crippen molar-refractivity contribution in [1.82, 2.24) is 4.72 Å². The third kappa shape index (κ3) is 4.76. The summed E-state index contributed by atoms with van der Waals surface area (Å²) in [5.41, 5.74) is 0.505. The maximum atomic E-state index is 12.5. The van der Waals surface area contributed by atoms with E-state index in [0.29, 0.717) is 10.6 Å². The fraction of sp³-hybridized carbons (Fsp3) is 0.333. The highest BCUT2D eigenvalue weighted by Crippen LogP contribution is 2.25. The predicted octanol–water partition coefficient (Wildman–Crippen LogP) is 2.74. The minimum Gasteiger partial charge on any atom is -0.394 e. The summed E-state index contributed by atoms with van der Waals surface area (Å²) in [6, 6.07) is 8.49. The standard InChI is InChI=1S/C15H18ClNO4S2/c1-11-12(16)4-2-6-15(11)23(19,20)17-10-13(21-8-7-18)14-5-3-9-22-14/h2-6,9,13,17-18H,7-8,10H2,1H3. The molecule has 0 spiro atoms. The van der Waals surface area contributed by atoms with Gasteiger partial charge in [-0.3, -0.25) is 0 Å². The number of rotatable bonds is 8. The highest BCUT2D eigenvalue weighted by Gasteiger charge is 2.21. The zero-order chi connectivity index (χ0) is 16.9. The van der Waals surface area contributed by atoms with E-state index in [1.165, 1.54) is 17.4 Å². The molecule has 5 nitrogen and oxygen atoms in total. The Balaban J connectivity index is 2.14. The molecule has 0 saturated heterocycles. The maximum Gasteiger partial charge on any atom is 0.240 e. The van der Waals surface area contributed by atoms with Gasteiger partial charge in [0.25, 0.3) is 0 Å². The molecular weight excluding hydrogens is 358 g/mol. The third-order valence-electron chi connectivity index (χ3n) is 3.24. The number of sulfonamides is 1. The molecule has 23 heavy (non-hydrogen) atoms. The summed E-state index contributed by atoms with van der Waals surface area (Å²) in [4.78, 5) is 1.04. The summed E-state index contributed by atoms with van der Waals surface area (Å²) in [5, 5.41) is 11.2. The quantitative estimate of drug-likeness (QED) is 0.743. The second-order valence-corrected chi connectivity index (χ2v) is 7.94. The van der Waals surface area contributed by atoms with Crippen LogP contribution in [0.1, 0.15) is 16.5 Å². The monoisotopic (exact) mass is 375 g/mol. The van der Waals surface area contributed by atoms with Gasteiger partial charge in [0.05, 0.1) is 18.1 Å². The topological polar surface area (TPSA) is 75.6 Å². The van der Waals surface area contributed by atoms with Gasteiger partial charge < -0.3 is 9.84 Å². The molecule has 0 saturated carbocycles. The molecule has 2 rings (SSSR count). The summed E-state index contributed by atoms with van der Waals surface area (Å²) in [6.07, 6.45) is -0.448. The largest absolute Gasteiger partial charge is 0.394 e. The minimum atomic E-state index is -3.70. The Labute approximate surface area is 144 Å². The molecule has 2 aromatic rings. The van der Waals surface area contributed by atoms with Gasteiger partial charge >= 0.3 is 0 Å². The highest BCUT2D eigenvalue weighted by atomic mass is 35.5. The lowest BCUT2D eigenvalue weighted by atomic mass is 10.2. The van der Waals surface area contributed by atoms with Gasteiger partial charge in [-0.05, 0) is 36.1 Å². The van der Waals surface area contributed by atoms with Gasteiger partial charge in [0, 0.05) is 16.4 Å². The Morgan fingerprint density at radius 3 is 2.78 bits per heavy atom. The number of hydrogen-bond donors (Lipinski definition) is 2. The average molecular weight is 376 g/mol. The number of aliphatic hydroxyl groups excluding tert-OH is 1. The van der Waals surface area contributed by atoms with E-state index in [0.717, 1.165) is 4.88 Å². The molecule has 1 aromatic heterocycles. The van der Waals surface area contributed by atoms with Crippen molar-refractivity contribution in [3.05, 3.63) is 51.2 Å². The van der Waals surface area contributed by atoms with Crippen LogP contribution < -0.4 is 4.72 Å². The van der Waals surface area contributed by atoms with Crippen molar-refractivity contribution in [2.24, 2.45) is 0 Å². The van der Waals surface area contributed by atoms with Gasteiger partial charge in [0.1, 0.15) is 6.10 Å². The molecule has 0 aliphatic carbocycles. The van der Waals surface area contributed by atoms with E-state index in [-0.39, 0.29) is 24.7 Å². The highest BCUT2D eigenvalue weighted by molar-refractivity contribution is 7.89. The van der Waals surface area contributed by atoms with Crippen LogP contribution in [-0.4, -0.2) is 33.3 Å². The van der Waals surface area contributed by atoms with Crippen LogP contribution in [0.15, 0.2) is 40.6 Å². The van der Waals surface area contributed by atoms with Crippen LogP contribution in [0.25, 0.3) is 0 Å². The predicted molar refractivity (Wildman–Crippen MR) is 91.5 cm³/mol. The van der Waals surface area contributed by atoms with Crippen molar-refractivity contribution in [3.8, 4) is 0 Å². The Morgan fingerprint density at radius 1 is 1.35 bits per heavy atom. The fourth-order valence-corrected chi connectivity index (χ4v) is 4.36. The molecule has 0 aliphatic rings. The third-order valence-corrected chi connectivity index (χ3v) is 6.18. The molecule has 0 bridgehead atoms. The normalized spacial score (nSPS) is 13.2. The van der Waals surface area contributed by atoms with E-state index in [4.69, 9.17) is 21.4 Å². The smallest absolute Gasteiger partial charge is 0.240 e. The number of hydrogen-bond acceptors (Lipinski definition) is 5. The lowest BCUT2D eigenvalue weighted by Crippen LogP contribution is -2.30. The lowest BCUT2D eigenvalue weighted by molar-refractivity contribution is 0.0328. The number of thiophene rings is 1. The van der Waals surface area contributed by atoms with Crippen LogP contribution in [0, 0.1) is 6.92 Å². The van der Waals surface area contributed by atoms with Crippen molar-refractivity contribution in [1.29, 1.82) is 0 Å². The van der Waals surface area contributed by atoms with Gasteiger partial charge in [-0.15, -0.1) is 11.3 Å². The van der Waals surface area contributed by atoms with Crippen LogP contribution in [0.5, 0.6) is 0 Å². The summed E-state index contributed by atoms with van der Waals surface area (Å²) in [6.45, 7) is 1.76. The molecule has 0 radical (unpaired) electrons. The lowest BCUT2D eigenvalue weighted by Gasteiger charge is -2.17. The average Bonchev–Trinajstić information content (AvgIpc) is 3.04. The SMILES string of the molecule is Cc1c(Cl)cccc1S(=O)(=O)NCC(OCCO)c1cccs1. The molecule has 1 atom stereocenters. The summed E-state index contributed by atoms with van der Waals surface area (Å²) in [7, 11) is -3.70. The minimum absolute atomic E-state index is 0.0782. The van der Waals surface area contributed by atoms with E-state index in [2.05, 4.69) is 4.72 Å². The zero-order valence-electron chi connectivity index (χ0n) is 12.5. The molecule has 2 N–H and O–H groups in total. The van der Waals surface area contributed by atoms with Gasteiger partial charge in [-0.25, -0.2) is 13.1 Å². The number of halogens is 1. The van der Waals surface area contributed by atoms with Gasteiger partial charge in [0.15, 0.2) is 0 Å². The first-order chi connectivity index (χ1) is 11.0. The van der Waals surface area contributed by atoms with Crippen LogP contribution in [-0.2, 0) is 14.8 Å². The van der Waals surface area contributed by atoms with Gasteiger partial charge in [-0.1, -0.05) is 23.7 Å². The number of aliphatic hydroxyl groups is 1. The summed E-state index contributed by atoms with van der Waals surface area (Å²) in [5.74, 6) is 0. The molecule has 1 heterocycles. The Bertz CT molecular complexity index is 732. The molecule has 8 heteroatoms. The molecule has 0 amide bonds. The molecule has 0 fully saturated rings. The first-order valence-corrected chi connectivity index (χ1v) is 9.70. The first-order valence-electron chi connectivity index (χ1n) is 6.96. The summed E-state index contributed by atoms with van der Waals surface area (Å²) < 4.78 is 33.0. The van der Waals surface area contributed by atoms with Crippen LogP contribution in [0.3, 0.4) is 0 Å². The van der Waals surface area contributed by atoms with E-state index in [9.17, 15) is 8.42 Å². The van der Waals surface area contributed by atoms with E-state index in [1.54, 1.807) is 19.1 Å². The van der Waals surface area contributed by atoms with Crippen molar-refractivity contribution < 1.29 is 18.3 Å². The Morgan fingerprint density at radius 2 is 2.13 bits per heavy atom. The van der Waals surface area contributed by atoms with Crippen molar-refractivity contribution >= 4 is 33.0 Å². The molecule has 0 aliphatic heterocycles. The van der Waals surface area contributed by atoms with E-state index < -0.39 is 16.1 Å². The zero-order valence-corrected chi connectivity index (χ0v) is 14.9. The van der Waals surface area contributed by atoms with Gasteiger partial charge in [-0.2, -0.15) is 0 Å². The van der Waals surface area contributed by atoms with E-state index >= 15 is 0 Å². The first kappa shape index (κ1) is 18.4. The fourth-order valence-electron chi connectivity index (χ4n) is 2.05. The molecule has 126 valence electrons. The summed E-state index contributed by atoms with van der Waals surface area (Å²) >= 11 is 7.46. The Hall–Kier alpha value is -0.960. The van der Waals surface area contributed by atoms with Gasteiger partial charge in [0.2, 0.25) is 10.0 Å². The molecule has 1 aromatic carbocycles. The number of nitrogens with one attached hydrogen (secondary N) is 1. The Kier molecular flexibility index (Phi) is 6.58. The van der Waals surface area contributed by atoms with E-state index in [1.807, 2.05) is 17.5 Å². The van der Waals surface area contributed by atoms with Crippen LogP contribution >= 0.6 is 22.9 Å². The van der Waals surface area contributed by atoms with Crippen LogP contribution in [0.2, 0.25) is 5.02 Å². The second kappa shape index (κ2) is 8.23. The molecule has 1 unspecified atom stereocenters.